The topological polar surface area (TPSA) is 78.0 Å². The SMILES string of the molecule is CN=C(NCc1ccc(C)cc1)NCc1cccc(-c2ncn[nH]2)c1. The summed E-state index contributed by atoms with van der Waals surface area (Å²) in [6, 6.07) is 16.6. The number of aliphatic imine (C=N–C) groups is 1. The number of guanidine groups is 1. The fraction of sp³-hybridized carbons (Fsp3) is 0.211. The lowest BCUT2D eigenvalue weighted by Crippen LogP contribution is -2.36. The quantitative estimate of drug-likeness (QED) is 0.495. The molecule has 128 valence electrons. The van der Waals surface area contributed by atoms with Crippen LogP contribution in [0.25, 0.3) is 11.4 Å². The van der Waals surface area contributed by atoms with Crippen LogP contribution in [0.1, 0.15) is 16.7 Å². The first kappa shape index (κ1) is 16.7. The Morgan fingerprint density at radius 3 is 2.48 bits per heavy atom. The van der Waals surface area contributed by atoms with Crippen molar-refractivity contribution >= 4 is 5.96 Å². The molecule has 0 radical (unpaired) electrons. The largest absolute Gasteiger partial charge is 0.352 e. The van der Waals surface area contributed by atoms with Gasteiger partial charge in [-0.25, -0.2) is 4.98 Å². The van der Waals surface area contributed by atoms with Crippen molar-refractivity contribution < 1.29 is 0 Å². The number of aryl methyl sites for hydroxylation is 1. The van der Waals surface area contributed by atoms with Crippen LogP contribution in [0.4, 0.5) is 0 Å². The standard InChI is InChI=1S/C19H22N6/c1-14-6-8-15(9-7-14)11-21-19(20-2)22-12-16-4-3-5-17(10-16)18-23-13-24-25-18/h3-10,13H,11-12H2,1-2H3,(H2,20,21,22)(H,23,24,25). The number of rotatable bonds is 5. The van der Waals surface area contributed by atoms with Crippen molar-refractivity contribution in [2.45, 2.75) is 20.0 Å². The molecule has 1 aromatic heterocycles. The second-order valence-corrected chi connectivity index (χ2v) is 5.80. The van der Waals surface area contributed by atoms with Gasteiger partial charge in [-0.3, -0.25) is 10.1 Å². The lowest BCUT2D eigenvalue weighted by atomic mass is 10.1. The summed E-state index contributed by atoms with van der Waals surface area (Å²) < 4.78 is 0. The molecule has 0 aliphatic rings. The predicted molar refractivity (Wildman–Crippen MR) is 100 cm³/mol. The molecular formula is C19H22N6. The smallest absolute Gasteiger partial charge is 0.191 e. The minimum Gasteiger partial charge on any atom is -0.352 e. The van der Waals surface area contributed by atoms with E-state index in [0.717, 1.165) is 29.5 Å². The molecule has 0 saturated heterocycles. The number of benzene rings is 2. The maximum atomic E-state index is 4.27. The van der Waals surface area contributed by atoms with Crippen molar-refractivity contribution in [3.8, 4) is 11.4 Å². The maximum Gasteiger partial charge on any atom is 0.191 e. The summed E-state index contributed by atoms with van der Waals surface area (Å²) >= 11 is 0. The van der Waals surface area contributed by atoms with E-state index >= 15 is 0 Å². The van der Waals surface area contributed by atoms with E-state index in [9.17, 15) is 0 Å². The fourth-order valence-electron chi connectivity index (χ4n) is 2.47. The predicted octanol–water partition coefficient (Wildman–Crippen LogP) is 2.65. The molecule has 3 N–H and O–H groups in total. The first-order valence-corrected chi connectivity index (χ1v) is 8.19. The van der Waals surface area contributed by atoms with E-state index in [0.29, 0.717) is 6.54 Å². The van der Waals surface area contributed by atoms with E-state index in [-0.39, 0.29) is 0 Å². The Bertz CT molecular complexity index is 821. The van der Waals surface area contributed by atoms with Crippen molar-refractivity contribution in [3.63, 3.8) is 0 Å². The normalized spacial score (nSPS) is 11.4. The van der Waals surface area contributed by atoms with Gasteiger partial charge in [0.25, 0.3) is 0 Å². The number of aromatic nitrogens is 3. The molecule has 25 heavy (non-hydrogen) atoms. The Kier molecular flexibility index (Phi) is 5.41. The monoisotopic (exact) mass is 334 g/mol. The Morgan fingerprint density at radius 2 is 1.80 bits per heavy atom. The van der Waals surface area contributed by atoms with Crippen molar-refractivity contribution in [2.75, 3.05) is 7.05 Å². The van der Waals surface area contributed by atoms with Crippen molar-refractivity contribution in [1.82, 2.24) is 25.8 Å². The summed E-state index contributed by atoms with van der Waals surface area (Å²) in [6.45, 7) is 3.50. The number of hydrogen-bond acceptors (Lipinski definition) is 3. The summed E-state index contributed by atoms with van der Waals surface area (Å²) in [5.74, 6) is 1.54. The summed E-state index contributed by atoms with van der Waals surface area (Å²) in [6.07, 6.45) is 1.51. The molecule has 0 spiro atoms. The van der Waals surface area contributed by atoms with Crippen LogP contribution in [-0.4, -0.2) is 28.2 Å². The molecule has 6 nitrogen and oxygen atoms in total. The first-order valence-electron chi connectivity index (χ1n) is 8.19. The van der Waals surface area contributed by atoms with Gasteiger partial charge in [0.15, 0.2) is 11.8 Å². The Hall–Kier alpha value is -3.15. The van der Waals surface area contributed by atoms with Crippen LogP contribution in [0.3, 0.4) is 0 Å². The van der Waals surface area contributed by atoms with E-state index in [1.54, 1.807) is 7.05 Å². The molecule has 3 aromatic rings. The number of H-pyrrole nitrogens is 1. The highest BCUT2D eigenvalue weighted by molar-refractivity contribution is 5.79. The molecular weight excluding hydrogens is 312 g/mol. The van der Waals surface area contributed by atoms with Crippen molar-refractivity contribution in [1.29, 1.82) is 0 Å². The van der Waals surface area contributed by atoms with Gasteiger partial charge in [-0.1, -0.05) is 48.0 Å². The van der Waals surface area contributed by atoms with E-state index in [1.165, 1.54) is 17.5 Å². The van der Waals surface area contributed by atoms with Gasteiger partial charge < -0.3 is 10.6 Å². The molecule has 1 heterocycles. The summed E-state index contributed by atoms with van der Waals surface area (Å²) in [5, 5.41) is 13.4. The lowest BCUT2D eigenvalue weighted by Gasteiger charge is -2.12. The highest BCUT2D eigenvalue weighted by Gasteiger charge is 2.03. The third-order valence-electron chi connectivity index (χ3n) is 3.88. The summed E-state index contributed by atoms with van der Waals surface area (Å²) in [7, 11) is 1.77. The van der Waals surface area contributed by atoms with Gasteiger partial charge in [-0.15, -0.1) is 0 Å². The summed E-state index contributed by atoms with van der Waals surface area (Å²) in [4.78, 5) is 8.46. The van der Waals surface area contributed by atoms with Crippen LogP contribution in [-0.2, 0) is 13.1 Å². The highest BCUT2D eigenvalue weighted by Crippen LogP contribution is 2.15. The zero-order valence-electron chi connectivity index (χ0n) is 14.5. The van der Waals surface area contributed by atoms with Gasteiger partial charge in [-0.2, -0.15) is 5.10 Å². The summed E-state index contributed by atoms with van der Waals surface area (Å²) in [5.41, 5.74) is 4.64. The molecule has 2 aromatic carbocycles. The van der Waals surface area contributed by atoms with Gasteiger partial charge >= 0.3 is 0 Å². The molecule has 0 bridgehead atoms. The number of hydrogen-bond donors (Lipinski definition) is 3. The molecule has 3 rings (SSSR count). The van der Waals surface area contributed by atoms with Crippen LogP contribution >= 0.6 is 0 Å². The zero-order valence-corrected chi connectivity index (χ0v) is 14.5. The minimum atomic E-state index is 0.676. The molecule has 0 atom stereocenters. The van der Waals surface area contributed by atoms with Gasteiger partial charge in [0.05, 0.1) is 0 Å². The molecule has 0 fully saturated rings. The van der Waals surface area contributed by atoms with Crippen LogP contribution < -0.4 is 10.6 Å². The van der Waals surface area contributed by atoms with Gasteiger partial charge in [-0.05, 0) is 24.1 Å². The van der Waals surface area contributed by atoms with Gasteiger partial charge in [0.2, 0.25) is 0 Å². The Labute approximate surface area is 147 Å². The van der Waals surface area contributed by atoms with Crippen LogP contribution in [0, 0.1) is 6.92 Å². The third-order valence-corrected chi connectivity index (χ3v) is 3.88. The van der Waals surface area contributed by atoms with Crippen LogP contribution in [0.5, 0.6) is 0 Å². The van der Waals surface area contributed by atoms with Crippen LogP contribution in [0.2, 0.25) is 0 Å². The van der Waals surface area contributed by atoms with E-state index < -0.39 is 0 Å². The van der Waals surface area contributed by atoms with E-state index in [4.69, 9.17) is 0 Å². The Morgan fingerprint density at radius 1 is 1.04 bits per heavy atom. The average Bonchev–Trinajstić information content (AvgIpc) is 3.18. The molecule has 0 amide bonds. The average molecular weight is 334 g/mol. The van der Waals surface area contributed by atoms with E-state index in [1.807, 2.05) is 12.1 Å². The third kappa shape index (κ3) is 4.67. The van der Waals surface area contributed by atoms with Gasteiger partial charge in [0.1, 0.15) is 6.33 Å². The first-order chi connectivity index (χ1) is 12.2. The molecule has 6 heteroatoms. The zero-order chi connectivity index (χ0) is 17.5. The molecule has 0 saturated carbocycles. The highest BCUT2D eigenvalue weighted by atomic mass is 15.2. The number of nitrogens with zero attached hydrogens (tertiary/aromatic N) is 3. The molecule has 0 unspecified atom stereocenters. The van der Waals surface area contributed by atoms with Crippen molar-refractivity contribution in [2.24, 2.45) is 4.99 Å². The molecule has 0 aliphatic heterocycles. The second kappa shape index (κ2) is 8.10. The van der Waals surface area contributed by atoms with E-state index in [2.05, 4.69) is 74.1 Å². The Balaban J connectivity index is 1.56. The van der Waals surface area contributed by atoms with Crippen molar-refractivity contribution in [3.05, 3.63) is 71.5 Å². The lowest BCUT2D eigenvalue weighted by molar-refractivity contribution is 0.809. The minimum absolute atomic E-state index is 0.676. The number of nitrogens with one attached hydrogen (secondary N) is 3. The van der Waals surface area contributed by atoms with Crippen LogP contribution in [0.15, 0.2) is 59.9 Å². The second-order valence-electron chi connectivity index (χ2n) is 5.80. The number of aromatic amines is 1. The fourth-order valence-corrected chi connectivity index (χ4v) is 2.47. The molecule has 0 aliphatic carbocycles. The maximum absolute atomic E-state index is 4.27. The van der Waals surface area contributed by atoms with Gasteiger partial charge in [0, 0.05) is 25.7 Å².